The van der Waals surface area contributed by atoms with Crippen LogP contribution in [0.15, 0.2) is 18.5 Å². The van der Waals surface area contributed by atoms with Gasteiger partial charge in [-0.1, -0.05) is 0 Å². The minimum Gasteiger partial charge on any atom is -0.310 e. The highest BCUT2D eigenvalue weighted by atomic mass is 19.1. The van der Waals surface area contributed by atoms with Crippen LogP contribution in [0, 0.1) is 5.82 Å². The summed E-state index contributed by atoms with van der Waals surface area (Å²) in [6.07, 6.45) is 4.02. The maximum atomic E-state index is 13.0. The van der Waals surface area contributed by atoms with Crippen LogP contribution in [0.3, 0.4) is 0 Å². The van der Waals surface area contributed by atoms with Crippen LogP contribution < -0.4 is 5.32 Å². The number of nitrogens with one attached hydrogen (secondary N) is 1. The molecule has 3 nitrogen and oxygen atoms in total. The largest absolute Gasteiger partial charge is 0.310 e. The summed E-state index contributed by atoms with van der Waals surface area (Å²) >= 11 is 0. The molecule has 0 spiro atoms. The molecule has 1 unspecified atom stereocenters. The van der Waals surface area contributed by atoms with E-state index in [0.29, 0.717) is 6.04 Å². The Balaban J connectivity index is 2.27. The summed E-state index contributed by atoms with van der Waals surface area (Å²) in [7, 11) is 2.13. The van der Waals surface area contributed by atoms with Crippen molar-refractivity contribution in [1.29, 1.82) is 0 Å². The van der Waals surface area contributed by atoms with Crippen LogP contribution in [0.25, 0.3) is 0 Å². The first-order chi connectivity index (χ1) is 8.50. The standard InChI is InChI=1S/C14H24FN3/c1-11(2)18(4)7-5-6-17-12(3)13-8-14(15)10-16-9-13/h8-12,17H,5-7H2,1-4H3. The molecule has 0 fully saturated rings. The minimum absolute atomic E-state index is 0.137. The average Bonchev–Trinajstić information content (AvgIpc) is 2.33. The van der Waals surface area contributed by atoms with Gasteiger partial charge in [0.25, 0.3) is 0 Å². The van der Waals surface area contributed by atoms with E-state index in [1.54, 1.807) is 6.20 Å². The van der Waals surface area contributed by atoms with Crippen LogP contribution in [0.5, 0.6) is 0 Å². The first-order valence-corrected chi connectivity index (χ1v) is 6.54. The Morgan fingerprint density at radius 3 is 2.67 bits per heavy atom. The molecule has 0 aromatic carbocycles. The van der Waals surface area contributed by atoms with E-state index in [1.807, 2.05) is 6.92 Å². The molecule has 1 heterocycles. The van der Waals surface area contributed by atoms with Crippen molar-refractivity contribution in [3.05, 3.63) is 29.8 Å². The van der Waals surface area contributed by atoms with Crippen molar-refractivity contribution >= 4 is 0 Å². The molecule has 0 aliphatic carbocycles. The molecule has 0 aliphatic rings. The van der Waals surface area contributed by atoms with Crippen molar-refractivity contribution in [2.24, 2.45) is 0 Å². The SMILES string of the molecule is CC(NCCCN(C)C(C)C)c1cncc(F)c1. The smallest absolute Gasteiger partial charge is 0.141 e. The summed E-state index contributed by atoms with van der Waals surface area (Å²) in [5, 5.41) is 3.39. The lowest BCUT2D eigenvalue weighted by Crippen LogP contribution is -2.30. The Morgan fingerprint density at radius 2 is 2.06 bits per heavy atom. The summed E-state index contributed by atoms with van der Waals surface area (Å²) in [6.45, 7) is 8.40. The summed E-state index contributed by atoms with van der Waals surface area (Å²) in [4.78, 5) is 6.18. The number of halogens is 1. The van der Waals surface area contributed by atoms with Crippen LogP contribution in [0.2, 0.25) is 0 Å². The lowest BCUT2D eigenvalue weighted by Gasteiger charge is -2.21. The van der Waals surface area contributed by atoms with E-state index in [9.17, 15) is 4.39 Å². The molecule has 1 N–H and O–H groups in total. The predicted octanol–water partition coefficient (Wildman–Crippen LogP) is 2.60. The van der Waals surface area contributed by atoms with Gasteiger partial charge in [-0.05, 0) is 59.0 Å². The van der Waals surface area contributed by atoms with Gasteiger partial charge in [-0.3, -0.25) is 4.98 Å². The topological polar surface area (TPSA) is 28.2 Å². The molecule has 1 aromatic heterocycles. The van der Waals surface area contributed by atoms with Gasteiger partial charge in [-0.25, -0.2) is 4.39 Å². The van der Waals surface area contributed by atoms with E-state index in [4.69, 9.17) is 0 Å². The second-order valence-electron chi connectivity index (χ2n) is 5.04. The van der Waals surface area contributed by atoms with Crippen LogP contribution >= 0.6 is 0 Å². The molecule has 0 bridgehead atoms. The van der Waals surface area contributed by atoms with Crippen molar-refractivity contribution in [3.63, 3.8) is 0 Å². The maximum absolute atomic E-state index is 13.0. The van der Waals surface area contributed by atoms with Crippen LogP contribution in [-0.2, 0) is 0 Å². The van der Waals surface area contributed by atoms with Crippen molar-refractivity contribution in [2.75, 3.05) is 20.1 Å². The summed E-state index contributed by atoms with van der Waals surface area (Å²) in [5.74, 6) is -0.277. The third-order valence-corrected chi connectivity index (χ3v) is 3.25. The zero-order valence-corrected chi connectivity index (χ0v) is 11.8. The van der Waals surface area contributed by atoms with Gasteiger partial charge in [0.15, 0.2) is 0 Å². The zero-order chi connectivity index (χ0) is 13.5. The van der Waals surface area contributed by atoms with Crippen LogP contribution in [-0.4, -0.2) is 36.1 Å². The number of nitrogens with zero attached hydrogens (tertiary/aromatic N) is 2. The monoisotopic (exact) mass is 253 g/mol. The van der Waals surface area contributed by atoms with Crippen molar-refractivity contribution in [2.45, 2.75) is 39.3 Å². The summed E-state index contributed by atoms with van der Waals surface area (Å²) < 4.78 is 13.0. The van der Waals surface area contributed by atoms with E-state index < -0.39 is 0 Å². The van der Waals surface area contributed by atoms with Gasteiger partial charge >= 0.3 is 0 Å². The number of aromatic nitrogens is 1. The third kappa shape index (κ3) is 5.10. The number of hydrogen-bond donors (Lipinski definition) is 1. The van der Waals surface area contributed by atoms with E-state index in [0.717, 1.165) is 25.1 Å². The van der Waals surface area contributed by atoms with Crippen molar-refractivity contribution < 1.29 is 4.39 Å². The molecule has 0 amide bonds. The highest BCUT2D eigenvalue weighted by Gasteiger charge is 2.07. The zero-order valence-electron chi connectivity index (χ0n) is 11.8. The maximum Gasteiger partial charge on any atom is 0.141 e. The normalized spacial score (nSPS) is 13.3. The first kappa shape index (κ1) is 15.1. The molecule has 0 aliphatic heterocycles. The first-order valence-electron chi connectivity index (χ1n) is 6.54. The van der Waals surface area contributed by atoms with E-state index in [2.05, 4.69) is 36.1 Å². The number of hydrogen-bond acceptors (Lipinski definition) is 3. The fraction of sp³-hybridized carbons (Fsp3) is 0.643. The third-order valence-electron chi connectivity index (χ3n) is 3.25. The molecule has 1 aromatic rings. The quantitative estimate of drug-likeness (QED) is 0.757. The molecule has 0 saturated heterocycles. The highest BCUT2D eigenvalue weighted by molar-refractivity contribution is 5.14. The van der Waals surface area contributed by atoms with Gasteiger partial charge in [0.1, 0.15) is 5.82 Å². The molecular formula is C14H24FN3. The predicted molar refractivity (Wildman–Crippen MR) is 73.0 cm³/mol. The van der Waals surface area contributed by atoms with Crippen LogP contribution in [0.4, 0.5) is 4.39 Å². The minimum atomic E-state index is -0.277. The van der Waals surface area contributed by atoms with E-state index >= 15 is 0 Å². The van der Waals surface area contributed by atoms with Crippen molar-refractivity contribution in [1.82, 2.24) is 15.2 Å². The lowest BCUT2D eigenvalue weighted by atomic mass is 10.1. The van der Waals surface area contributed by atoms with Gasteiger partial charge < -0.3 is 10.2 Å². The Labute approximate surface area is 109 Å². The Bertz CT molecular complexity index is 355. The molecule has 102 valence electrons. The van der Waals surface area contributed by atoms with Gasteiger partial charge in [0, 0.05) is 18.3 Å². The number of rotatable bonds is 7. The second-order valence-corrected chi connectivity index (χ2v) is 5.04. The lowest BCUT2D eigenvalue weighted by molar-refractivity contribution is 0.268. The number of pyridine rings is 1. The van der Waals surface area contributed by atoms with Gasteiger partial charge in [-0.2, -0.15) is 0 Å². The van der Waals surface area contributed by atoms with Crippen molar-refractivity contribution in [3.8, 4) is 0 Å². The molecule has 0 saturated carbocycles. The van der Waals surface area contributed by atoms with Gasteiger partial charge in [0.05, 0.1) is 6.20 Å². The highest BCUT2D eigenvalue weighted by Crippen LogP contribution is 2.11. The molecule has 1 atom stereocenters. The molecule has 1 rings (SSSR count). The fourth-order valence-electron chi connectivity index (χ4n) is 1.69. The summed E-state index contributed by atoms with van der Waals surface area (Å²) in [5.41, 5.74) is 0.896. The Hall–Kier alpha value is -1.00. The van der Waals surface area contributed by atoms with Gasteiger partial charge in [0.2, 0.25) is 0 Å². The molecule has 18 heavy (non-hydrogen) atoms. The van der Waals surface area contributed by atoms with E-state index in [-0.39, 0.29) is 11.9 Å². The van der Waals surface area contributed by atoms with E-state index in [1.165, 1.54) is 12.3 Å². The Morgan fingerprint density at radius 1 is 1.33 bits per heavy atom. The second kappa shape index (κ2) is 7.44. The average molecular weight is 253 g/mol. The Kier molecular flexibility index (Phi) is 6.22. The molecule has 0 radical (unpaired) electrons. The molecular weight excluding hydrogens is 229 g/mol. The summed E-state index contributed by atoms with van der Waals surface area (Å²) in [6, 6.07) is 2.25. The molecule has 4 heteroatoms. The van der Waals surface area contributed by atoms with Gasteiger partial charge in [-0.15, -0.1) is 0 Å². The fourth-order valence-corrected chi connectivity index (χ4v) is 1.69. The van der Waals surface area contributed by atoms with Crippen LogP contribution in [0.1, 0.15) is 38.8 Å².